The molecule has 188 valence electrons. The number of anilines is 1. The predicted molar refractivity (Wildman–Crippen MR) is 114 cm³/mol. The van der Waals surface area contributed by atoms with E-state index in [0.717, 1.165) is 0 Å². The van der Waals surface area contributed by atoms with Crippen LogP contribution in [-0.4, -0.2) is 40.5 Å². The predicted octanol–water partition coefficient (Wildman–Crippen LogP) is 6.71. The number of rotatable bonds is 6. The Morgan fingerprint density at radius 2 is 1.31 bits per heavy atom. The minimum Gasteiger partial charge on any atom is -0.502 e. The number of carbonyl (C=O) groups excluding carboxylic acids is 1. The summed E-state index contributed by atoms with van der Waals surface area (Å²) in [5.41, 5.74) is 1.18. The van der Waals surface area contributed by atoms with E-state index in [1.54, 1.807) is 0 Å². The van der Waals surface area contributed by atoms with Crippen LogP contribution in [0.15, 0.2) is 75.3 Å². The molecule has 35 heavy (non-hydrogen) atoms. The highest BCUT2D eigenvalue weighted by Gasteiger charge is 2.39. The minimum absolute atomic E-state index is 0.0816. The van der Waals surface area contributed by atoms with Crippen molar-refractivity contribution < 1.29 is 46.1 Å². The van der Waals surface area contributed by atoms with Gasteiger partial charge in [0.05, 0.1) is 17.6 Å². The Bertz CT molecular complexity index is 1120. The van der Waals surface area contributed by atoms with Crippen molar-refractivity contribution in [3.63, 3.8) is 0 Å². The van der Waals surface area contributed by atoms with Crippen molar-refractivity contribution in [1.82, 2.24) is 0 Å². The maximum atomic E-state index is 12.1. The summed E-state index contributed by atoms with van der Waals surface area (Å²) in [6.07, 6.45) is -9.94. The van der Waals surface area contributed by atoms with Gasteiger partial charge >= 0.3 is 18.3 Å². The zero-order chi connectivity index (χ0) is 26.8. The fraction of sp³-hybridized carbons (Fsp3) is 0.105. The second-order valence-electron chi connectivity index (χ2n) is 5.92. The number of hydrogen-bond donors (Lipinski definition) is 3. The van der Waals surface area contributed by atoms with Crippen molar-refractivity contribution in [3.05, 3.63) is 70.0 Å². The van der Waals surface area contributed by atoms with Crippen LogP contribution in [0.5, 0.6) is 0 Å². The third-order valence-electron chi connectivity index (χ3n) is 3.29. The van der Waals surface area contributed by atoms with Crippen LogP contribution in [0.4, 0.5) is 37.7 Å². The molecule has 2 aromatic rings. The molecule has 3 N–H and O–H groups in total. The van der Waals surface area contributed by atoms with Gasteiger partial charge in [0, 0.05) is 10.0 Å². The van der Waals surface area contributed by atoms with Gasteiger partial charge in [-0.05, 0) is 48.5 Å². The largest absolute Gasteiger partial charge is 0.502 e. The van der Waals surface area contributed by atoms with Crippen molar-refractivity contribution >= 4 is 52.5 Å². The molecular weight excluding hydrogens is 533 g/mol. The van der Waals surface area contributed by atoms with Gasteiger partial charge in [0.1, 0.15) is 0 Å². The molecule has 0 unspecified atom stereocenters. The SMILES string of the molecule is O=C(/C=N\Nc1ccc(Cl)cc1)C(F)(F)F.O=C(O)C(N=Nc1ccc(Cl)cc1)=C(O)C(F)(F)F. The van der Waals surface area contributed by atoms with Gasteiger partial charge in [-0.1, -0.05) is 23.2 Å². The number of ketones is 1. The number of benzene rings is 2. The van der Waals surface area contributed by atoms with E-state index in [9.17, 15) is 35.9 Å². The number of hydrogen-bond acceptors (Lipinski definition) is 7. The number of aliphatic hydroxyl groups excluding tert-OH is 1. The van der Waals surface area contributed by atoms with Crippen LogP contribution in [0.2, 0.25) is 10.0 Å². The van der Waals surface area contributed by atoms with Crippen LogP contribution in [0.25, 0.3) is 0 Å². The lowest BCUT2D eigenvalue weighted by Crippen LogP contribution is -2.23. The van der Waals surface area contributed by atoms with Gasteiger partial charge < -0.3 is 10.2 Å². The Hall–Kier alpha value is -3.65. The average Bonchev–Trinajstić information content (AvgIpc) is 2.75. The van der Waals surface area contributed by atoms with E-state index in [0.29, 0.717) is 15.7 Å². The fourth-order valence-corrected chi connectivity index (χ4v) is 1.96. The first-order valence-corrected chi connectivity index (χ1v) is 9.43. The maximum Gasteiger partial charge on any atom is 0.455 e. The Labute approximate surface area is 202 Å². The lowest BCUT2D eigenvalue weighted by Gasteiger charge is -2.05. The van der Waals surface area contributed by atoms with Crippen LogP contribution in [-0.2, 0) is 9.59 Å². The summed E-state index contributed by atoms with van der Waals surface area (Å²) in [6.45, 7) is 0. The van der Waals surface area contributed by atoms with E-state index in [-0.39, 0.29) is 11.9 Å². The average molecular weight is 545 g/mol. The van der Waals surface area contributed by atoms with E-state index in [4.69, 9.17) is 33.4 Å². The topological polar surface area (TPSA) is 124 Å². The molecule has 0 aliphatic heterocycles. The van der Waals surface area contributed by atoms with Crippen molar-refractivity contribution in [3.8, 4) is 0 Å². The molecular formula is C19H12Cl2F6N4O4. The van der Waals surface area contributed by atoms with Crippen molar-refractivity contribution in [2.75, 3.05) is 5.43 Å². The molecule has 0 saturated heterocycles. The van der Waals surface area contributed by atoms with Gasteiger partial charge in [-0.3, -0.25) is 10.2 Å². The lowest BCUT2D eigenvalue weighted by molar-refractivity contribution is -0.162. The van der Waals surface area contributed by atoms with E-state index in [1.807, 2.05) is 0 Å². The van der Waals surface area contributed by atoms with Crippen LogP contribution in [0, 0.1) is 0 Å². The number of aliphatic carboxylic acids is 1. The molecule has 0 amide bonds. The van der Waals surface area contributed by atoms with E-state index >= 15 is 0 Å². The molecule has 16 heteroatoms. The van der Waals surface area contributed by atoms with E-state index < -0.39 is 35.6 Å². The molecule has 0 bridgehead atoms. The van der Waals surface area contributed by atoms with Crippen molar-refractivity contribution in [2.24, 2.45) is 15.3 Å². The number of alkyl halides is 6. The number of carboxylic acid groups (broad SMARTS) is 1. The fourth-order valence-electron chi connectivity index (χ4n) is 1.70. The number of nitrogens with one attached hydrogen (secondary N) is 1. The number of azo groups is 1. The normalized spacial score (nSPS) is 12.7. The molecule has 8 nitrogen and oxygen atoms in total. The van der Waals surface area contributed by atoms with E-state index in [1.165, 1.54) is 48.5 Å². The molecule has 0 aliphatic rings. The standard InChI is InChI=1S/C10H6ClF3N2O3.C9H6ClF3N2O/c11-5-1-3-6(4-2-5)15-16-7(9(18)19)8(17)10(12,13)14;10-6-1-3-7(4-2-6)15-14-5-8(16)9(11,12)13/h1-4,17H,(H,18,19);1-5,15H/b;14-5-. The highest BCUT2D eigenvalue weighted by Crippen LogP contribution is 2.27. The Kier molecular flexibility index (Phi) is 10.7. The lowest BCUT2D eigenvalue weighted by atomic mass is 10.3. The molecule has 0 saturated carbocycles. The van der Waals surface area contributed by atoms with Crippen LogP contribution >= 0.6 is 23.2 Å². The molecule has 0 atom stereocenters. The summed E-state index contributed by atoms with van der Waals surface area (Å²) < 4.78 is 71.7. The zero-order valence-corrected chi connectivity index (χ0v) is 18.3. The first-order valence-electron chi connectivity index (χ1n) is 8.68. The molecule has 0 spiro atoms. The Balaban J connectivity index is 0.000000355. The summed E-state index contributed by atoms with van der Waals surface area (Å²) in [5.74, 6) is -6.39. The monoisotopic (exact) mass is 544 g/mol. The van der Waals surface area contributed by atoms with Gasteiger partial charge in [-0.15, -0.1) is 5.11 Å². The zero-order valence-electron chi connectivity index (χ0n) is 16.8. The van der Waals surface area contributed by atoms with Gasteiger partial charge in [0.15, 0.2) is 0 Å². The number of halogens is 8. The maximum absolute atomic E-state index is 12.1. The number of nitrogens with zero attached hydrogens (tertiary/aromatic N) is 3. The van der Waals surface area contributed by atoms with E-state index in [2.05, 4.69) is 20.8 Å². The second kappa shape index (κ2) is 12.7. The summed E-state index contributed by atoms with van der Waals surface area (Å²) in [5, 5.41) is 27.4. The van der Waals surface area contributed by atoms with Crippen LogP contribution in [0.3, 0.4) is 0 Å². The van der Waals surface area contributed by atoms with Gasteiger partial charge in [-0.2, -0.15) is 36.6 Å². The van der Waals surface area contributed by atoms with Gasteiger partial charge in [0.2, 0.25) is 11.5 Å². The first-order chi connectivity index (χ1) is 16.1. The molecule has 0 aromatic heterocycles. The summed E-state index contributed by atoms with van der Waals surface area (Å²) in [6, 6.07) is 11.5. The molecule has 0 aliphatic carbocycles. The number of Topliss-reactive ketones (excluding diaryl/α,β-unsaturated/α-hetero) is 1. The quantitative estimate of drug-likeness (QED) is 0.0930. The van der Waals surface area contributed by atoms with Crippen molar-refractivity contribution in [2.45, 2.75) is 12.4 Å². The highest BCUT2D eigenvalue weighted by molar-refractivity contribution is 6.31. The molecule has 2 rings (SSSR count). The number of aliphatic hydroxyl groups is 1. The summed E-state index contributed by atoms with van der Waals surface area (Å²) in [4.78, 5) is 20.9. The minimum atomic E-state index is -5.22. The Morgan fingerprint density at radius 3 is 1.74 bits per heavy atom. The van der Waals surface area contributed by atoms with Crippen LogP contribution < -0.4 is 5.43 Å². The molecule has 2 aromatic carbocycles. The molecule has 0 fully saturated rings. The number of carboxylic acids is 1. The smallest absolute Gasteiger partial charge is 0.455 e. The second-order valence-corrected chi connectivity index (χ2v) is 6.79. The third-order valence-corrected chi connectivity index (χ3v) is 3.79. The highest BCUT2D eigenvalue weighted by atomic mass is 35.5. The first kappa shape index (κ1) is 29.4. The van der Waals surface area contributed by atoms with Crippen molar-refractivity contribution in [1.29, 1.82) is 0 Å². The van der Waals surface area contributed by atoms with Gasteiger partial charge in [0.25, 0.3) is 5.78 Å². The van der Waals surface area contributed by atoms with Crippen LogP contribution in [0.1, 0.15) is 0 Å². The summed E-state index contributed by atoms with van der Waals surface area (Å²) in [7, 11) is 0. The molecule has 0 heterocycles. The number of allylic oxidation sites excluding steroid dienone is 1. The molecule has 0 radical (unpaired) electrons. The summed E-state index contributed by atoms with van der Waals surface area (Å²) >= 11 is 11.2. The third kappa shape index (κ3) is 10.9. The van der Waals surface area contributed by atoms with Gasteiger partial charge in [-0.25, -0.2) is 4.79 Å². The number of carbonyl (C=O) groups is 2. The Morgan fingerprint density at radius 1 is 0.829 bits per heavy atom. The number of hydrazone groups is 1.